The Kier molecular flexibility index (Phi) is 6.68. The Balaban J connectivity index is 0.00000289. The van der Waals surface area contributed by atoms with Gasteiger partial charge in [0, 0.05) is 12.6 Å². The zero-order chi connectivity index (χ0) is 13.0. The van der Waals surface area contributed by atoms with Crippen molar-refractivity contribution in [3.8, 4) is 0 Å². The number of nitrogens with one attached hydrogen (secondary N) is 2. The third-order valence-electron chi connectivity index (χ3n) is 1.96. The smallest absolute Gasteiger partial charge is 0.240 e. The van der Waals surface area contributed by atoms with Crippen LogP contribution in [0.5, 0.6) is 0 Å². The largest absolute Gasteiger partial charge is 0.325 e. The normalized spacial score (nSPS) is 11.1. The van der Waals surface area contributed by atoms with E-state index in [0.717, 1.165) is 0 Å². The molecule has 18 heavy (non-hydrogen) atoms. The van der Waals surface area contributed by atoms with Crippen LogP contribution in [0, 0.1) is 0 Å². The van der Waals surface area contributed by atoms with Crippen molar-refractivity contribution < 1.29 is 9.59 Å². The van der Waals surface area contributed by atoms with Crippen molar-refractivity contribution in [3.63, 3.8) is 0 Å². The van der Waals surface area contributed by atoms with Crippen molar-refractivity contribution in [2.45, 2.75) is 19.9 Å². The van der Waals surface area contributed by atoms with E-state index in [4.69, 9.17) is 17.3 Å². The Bertz CT molecular complexity index is 450. The lowest BCUT2D eigenvalue weighted by Gasteiger charge is -2.10. The van der Waals surface area contributed by atoms with Crippen LogP contribution in [0.25, 0.3) is 0 Å². The van der Waals surface area contributed by atoms with Gasteiger partial charge in [0.05, 0.1) is 16.8 Å². The summed E-state index contributed by atoms with van der Waals surface area (Å²) in [6, 6.07) is 4.20. The molecular weight excluding hydrogens is 277 g/mol. The van der Waals surface area contributed by atoms with Gasteiger partial charge in [-0.25, -0.2) is 0 Å². The molecule has 1 atom stereocenters. The van der Waals surface area contributed by atoms with Crippen molar-refractivity contribution in [2.24, 2.45) is 5.73 Å². The Hall–Kier alpha value is -1.30. The van der Waals surface area contributed by atoms with Crippen molar-refractivity contribution in [1.82, 2.24) is 0 Å². The van der Waals surface area contributed by atoms with Gasteiger partial charge in [0.25, 0.3) is 0 Å². The van der Waals surface area contributed by atoms with Gasteiger partial charge >= 0.3 is 0 Å². The summed E-state index contributed by atoms with van der Waals surface area (Å²) in [4.78, 5) is 22.2. The molecule has 0 saturated carbocycles. The molecule has 0 fully saturated rings. The summed E-state index contributed by atoms with van der Waals surface area (Å²) in [6.45, 7) is 2.98. The van der Waals surface area contributed by atoms with Gasteiger partial charge < -0.3 is 16.4 Å². The highest BCUT2D eigenvalue weighted by molar-refractivity contribution is 6.34. The topological polar surface area (TPSA) is 84.2 Å². The van der Waals surface area contributed by atoms with E-state index < -0.39 is 6.04 Å². The van der Waals surface area contributed by atoms with Gasteiger partial charge in [0.1, 0.15) is 0 Å². The van der Waals surface area contributed by atoms with Crippen LogP contribution in [0.15, 0.2) is 18.2 Å². The van der Waals surface area contributed by atoms with E-state index in [1.807, 2.05) is 0 Å². The second kappa shape index (κ2) is 7.20. The van der Waals surface area contributed by atoms with Crippen LogP contribution in [0.2, 0.25) is 5.02 Å². The number of hydrogen-bond donors (Lipinski definition) is 3. The molecule has 100 valence electrons. The molecule has 0 spiro atoms. The standard InChI is InChI=1S/C11H14ClN3O2.ClH/c1-6(13)11(17)15-8-3-4-10(9(12)5-8)14-7(2)16;/h3-6H,13H2,1-2H3,(H,14,16)(H,15,17);1H. The van der Waals surface area contributed by atoms with Crippen LogP contribution in [-0.4, -0.2) is 17.9 Å². The Labute approximate surface area is 116 Å². The van der Waals surface area contributed by atoms with Gasteiger partial charge in [-0.05, 0) is 25.1 Å². The summed E-state index contributed by atoms with van der Waals surface area (Å²) in [6.07, 6.45) is 0. The van der Waals surface area contributed by atoms with E-state index in [-0.39, 0.29) is 24.2 Å². The number of carbonyl (C=O) groups excluding carboxylic acids is 2. The van der Waals surface area contributed by atoms with Crippen LogP contribution in [0.1, 0.15) is 13.8 Å². The van der Waals surface area contributed by atoms with Crippen LogP contribution in [0.4, 0.5) is 11.4 Å². The first-order valence-corrected chi connectivity index (χ1v) is 5.41. The van der Waals surface area contributed by atoms with E-state index in [2.05, 4.69) is 10.6 Å². The van der Waals surface area contributed by atoms with Crippen molar-refractivity contribution >= 4 is 47.2 Å². The van der Waals surface area contributed by atoms with Crippen molar-refractivity contribution in [2.75, 3.05) is 10.6 Å². The lowest BCUT2D eigenvalue weighted by atomic mass is 10.2. The predicted molar refractivity (Wildman–Crippen MR) is 75.3 cm³/mol. The average Bonchev–Trinajstić information content (AvgIpc) is 2.21. The van der Waals surface area contributed by atoms with E-state index in [9.17, 15) is 9.59 Å². The summed E-state index contributed by atoms with van der Waals surface area (Å²) < 4.78 is 0. The Morgan fingerprint density at radius 3 is 2.39 bits per heavy atom. The van der Waals surface area contributed by atoms with Gasteiger partial charge in [0.15, 0.2) is 0 Å². The molecule has 5 nitrogen and oxygen atoms in total. The highest BCUT2D eigenvalue weighted by Gasteiger charge is 2.09. The number of carbonyl (C=O) groups is 2. The SMILES string of the molecule is CC(=O)Nc1ccc(NC(=O)C(C)N)cc1Cl.Cl. The average molecular weight is 292 g/mol. The number of hydrogen-bond acceptors (Lipinski definition) is 3. The fourth-order valence-corrected chi connectivity index (χ4v) is 1.37. The Morgan fingerprint density at radius 2 is 1.94 bits per heavy atom. The fraction of sp³-hybridized carbons (Fsp3) is 0.273. The minimum absolute atomic E-state index is 0. The molecule has 7 heteroatoms. The van der Waals surface area contributed by atoms with E-state index >= 15 is 0 Å². The maximum Gasteiger partial charge on any atom is 0.240 e. The van der Waals surface area contributed by atoms with Gasteiger partial charge in [-0.2, -0.15) is 0 Å². The van der Waals surface area contributed by atoms with Gasteiger partial charge in [0.2, 0.25) is 11.8 Å². The molecule has 1 aromatic carbocycles. The minimum atomic E-state index is -0.594. The first-order valence-electron chi connectivity index (χ1n) is 5.03. The first-order chi connectivity index (χ1) is 7.90. The molecule has 1 unspecified atom stereocenters. The lowest BCUT2D eigenvalue weighted by molar-refractivity contribution is -0.117. The monoisotopic (exact) mass is 291 g/mol. The van der Waals surface area contributed by atoms with Gasteiger partial charge in [-0.1, -0.05) is 11.6 Å². The van der Waals surface area contributed by atoms with Crippen LogP contribution in [-0.2, 0) is 9.59 Å². The number of halogens is 2. The highest BCUT2D eigenvalue weighted by atomic mass is 35.5. The summed E-state index contributed by atoms with van der Waals surface area (Å²) in [7, 11) is 0. The summed E-state index contributed by atoms with van der Waals surface area (Å²) >= 11 is 5.94. The number of benzene rings is 1. The first kappa shape index (κ1) is 16.7. The zero-order valence-electron chi connectivity index (χ0n) is 9.99. The molecular formula is C11H15Cl2N3O2. The number of rotatable bonds is 3. The molecule has 0 aromatic heterocycles. The zero-order valence-corrected chi connectivity index (χ0v) is 11.6. The molecule has 0 aliphatic carbocycles. The van der Waals surface area contributed by atoms with Crippen molar-refractivity contribution in [3.05, 3.63) is 23.2 Å². The van der Waals surface area contributed by atoms with Crippen LogP contribution >= 0.6 is 24.0 Å². The molecule has 0 aliphatic heterocycles. The van der Waals surface area contributed by atoms with E-state index in [1.165, 1.54) is 6.92 Å². The highest BCUT2D eigenvalue weighted by Crippen LogP contribution is 2.25. The number of nitrogens with two attached hydrogens (primary N) is 1. The third kappa shape index (κ3) is 4.91. The second-order valence-electron chi connectivity index (χ2n) is 3.65. The minimum Gasteiger partial charge on any atom is -0.325 e. The summed E-state index contributed by atoms with van der Waals surface area (Å²) in [5.74, 6) is -0.507. The van der Waals surface area contributed by atoms with Gasteiger partial charge in [-0.15, -0.1) is 12.4 Å². The fourth-order valence-electron chi connectivity index (χ4n) is 1.14. The van der Waals surface area contributed by atoms with Crippen molar-refractivity contribution in [1.29, 1.82) is 0 Å². The predicted octanol–water partition coefficient (Wildman–Crippen LogP) is 2.01. The molecule has 1 rings (SSSR count). The second-order valence-corrected chi connectivity index (χ2v) is 4.06. The molecule has 4 N–H and O–H groups in total. The third-order valence-corrected chi connectivity index (χ3v) is 2.27. The molecule has 1 aromatic rings. The van der Waals surface area contributed by atoms with Crippen LogP contribution in [0.3, 0.4) is 0 Å². The quantitative estimate of drug-likeness (QED) is 0.796. The maximum absolute atomic E-state index is 11.3. The number of anilines is 2. The summed E-state index contributed by atoms with van der Waals surface area (Å²) in [5.41, 5.74) is 6.45. The molecule has 0 bridgehead atoms. The Morgan fingerprint density at radius 1 is 1.33 bits per heavy atom. The molecule has 0 saturated heterocycles. The molecule has 0 aliphatic rings. The number of amides is 2. The lowest BCUT2D eigenvalue weighted by Crippen LogP contribution is -2.32. The van der Waals surface area contributed by atoms with Crippen LogP contribution < -0.4 is 16.4 Å². The van der Waals surface area contributed by atoms with Gasteiger partial charge in [-0.3, -0.25) is 9.59 Å². The molecule has 2 amide bonds. The molecule has 0 radical (unpaired) electrons. The molecule has 0 heterocycles. The van der Waals surface area contributed by atoms with E-state index in [1.54, 1.807) is 25.1 Å². The van der Waals surface area contributed by atoms with E-state index in [0.29, 0.717) is 16.4 Å². The maximum atomic E-state index is 11.3. The summed E-state index contributed by atoms with van der Waals surface area (Å²) in [5, 5.41) is 5.52.